The molecule has 0 N–H and O–H groups in total. The topological polar surface area (TPSA) is 41.9 Å². The molecule has 0 saturated heterocycles. The monoisotopic (exact) mass is 408 g/mol. The standard InChI is InChI=1S/C21H20F4N2O2/c1-2-20(28)27(12-14-6-8-16(9-7-14)21(23,24)25)13-18-11-19(26-29-18)15-4-3-5-17(22)10-15/h3-10,18H,2,11-13H2,1H3/t18-/m0/s1. The van der Waals surface area contributed by atoms with Gasteiger partial charge in [-0.25, -0.2) is 4.39 Å². The predicted molar refractivity (Wildman–Crippen MR) is 99.6 cm³/mol. The molecule has 3 rings (SSSR count). The lowest BCUT2D eigenvalue weighted by Crippen LogP contribution is -2.36. The zero-order chi connectivity index (χ0) is 21.0. The third kappa shape index (κ3) is 5.34. The Morgan fingerprint density at radius 1 is 1.21 bits per heavy atom. The third-order valence-corrected chi connectivity index (χ3v) is 4.62. The summed E-state index contributed by atoms with van der Waals surface area (Å²) in [6.45, 7) is 2.11. The zero-order valence-corrected chi connectivity index (χ0v) is 15.7. The number of hydrogen-bond acceptors (Lipinski definition) is 3. The van der Waals surface area contributed by atoms with Gasteiger partial charge in [0.15, 0.2) is 6.10 Å². The largest absolute Gasteiger partial charge is 0.416 e. The van der Waals surface area contributed by atoms with Gasteiger partial charge in [0.25, 0.3) is 0 Å². The molecule has 1 aliphatic rings. The fraction of sp³-hybridized carbons (Fsp3) is 0.333. The van der Waals surface area contributed by atoms with E-state index in [0.29, 0.717) is 23.3 Å². The first-order valence-corrected chi connectivity index (χ1v) is 9.18. The molecule has 0 fully saturated rings. The van der Waals surface area contributed by atoms with Crippen molar-refractivity contribution in [2.45, 2.75) is 38.6 Å². The summed E-state index contributed by atoms with van der Waals surface area (Å²) in [5.41, 5.74) is 1.06. The molecule has 0 radical (unpaired) electrons. The minimum Gasteiger partial charge on any atom is -0.390 e. The normalized spacial score (nSPS) is 16.3. The second-order valence-electron chi connectivity index (χ2n) is 6.80. The van der Waals surface area contributed by atoms with Gasteiger partial charge in [0.2, 0.25) is 5.91 Å². The van der Waals surface area contributed by atoms with Crippen molar-refractivity contribution in [3.05, 3.63) is 71.0 Å². The van der Waals surface area contributed by atoms with Crippen LogP contribution in [0.3, 0.4) is 0 Å². The summed E-state index contributed by atoms with van der Waals surface area (Å²) in [7, 11) is 0. The number of alkyl halides is 3. The Morgan fingerprint density at radius 3 is 2.55 bits per heavy atom. The van der Waals surface area contributed by atoms with E-state index in [0.717, 1.165) is 12.1 Å². The van der Waals surface area contributed by atoms with Crippen LogP contribution >= 0.6 is 0 Å². The molecule has 0 saturated carbocycles. The minimum atomic E-state index is -4.40. The van der Waals surface area contributed by atoms with Gasteiger partial charge in [-0.05, 0) is 29.8 Å². The third-order valence-electron chi connectivity index (χ3n) is 4.62. The van der Waals surface area contributed by atoms with E-state index in [1.54, 1.807) is 19.1 Å². The van der Waals surface area contributed by atoms with Crippen LogP contribution in [0.5, 0.6) is 0 Å². The van der Waals surface area contributed by atoms with Gasteiger partial charge in [0, 0.05) is 24.9 Å². The maximum atomic E-state index is 13.4. The average Bonchev–Trinajstić information content (AvgIpc) is 3.15. The Hall–Kier alpha value is -2.90. The highest BCUT2D eigenvalue weighted by Crippen LogP contribution is 2.29. The first-order chi connectivity index (χ1) is 13.8. The van der Waals surface area contributed by atoms with Crippen LogP contribution in [0.4, 0.5) is 17.6 Å². The number of carbonyl (C=O) groups excluding carboxylic acids is 1. The number of oxime groups is 1. The van der Waals surface area contributed by atoms with Crippen molar-refractivity contribution in [3.8, 4) is 0 Å². The number of nitrogens with zero attached hydrogens (tertiary/aromatic N) is 2. The van der Waals surface area contributed by atoms with Crippen LogP contribution < -0.4 is 0 Å². The maximum absolute atomic E-state index is 13.4. The van der Waals surface area contributed by atoms with Crippen LogP contribution in [0.2, 0.25) is 0 Å². The van der Waals surface area contributed by atoms with E-state index < -0.39 is 17.8 Å². The summed E-state index contributed by atoms with van der Waals surface area (Å²) >= 11 is 0. The van der Waals surface area contributed by atoms with Gasteiger partial charge in [-0.2, -0.15) is 13.2 Å². The van der Waals surface area contributed by atoms with E-state index in [4.69, 9.17) is 4.84 Å². The summed E-state index contributed by atoms with van der Waals surface area (Å²) in [5.74, 6) is -0.522. The highest BCUT2D eigenvalue weighted by atomic mass is 19.4. The highest BCUT2D eigenvalue weighted by molar-refractivity contribution is 6.01. The van der Waals surface area contributed by atoms with Gasteiger partial charge in [-0.15, -0.1) is 0 Å². The van der Waals surface area contributed by atoms with Crippen LogP contribution in [0.15, 0.2) is 53.7 Å². The van der Waals surface area contributed by atoms with Crippen LogP contribution in [0.1, 0.15) is 36.5 Å². The van der Waals surface area contributed by atoms with E-state index in [9.17, 15) is 22.4 Å². The lowest BCUT2D eigenvalue weighted by Gasteiger charge is -2.24. The molecule has 0 spiro atoms. The predicted octanol–water partition coefficient (Wildman–Crippen LogP) is 4.78. The van der Waals surface area contributed by atoms with Crippen molar-refractivity contribution in [1.29, 1.82) is 0 Å². The number of hydrogen-bond donors (Lipinski definition) is 0. The molecule has 1 heterocycles. The summed E-state index contributed by atoms with van der Waals surface area (Å²) in [6, 6.07) is 10.7. The number of carbonyl (C=O) groups is 1. The number of rotatable bonds is 6. The SMILES string of the molecule is CCC(=O)N(Cc1ccc(C(F)(F)F)cc1)C[C@@H]1CC(c2cccc(F)c2)=NO1. The van der Waals surface area contributed by atoms with Crippen molar-refractivity contribution >= 4 is 11.6 Å². The minimum absolute atomic E-state index is 0.146. The second kappa shape index (κ2) is 8.63. The molecule has 1 atom stereocenters. The van der Waals surface area contributed by atoms with Crippen molar-refractivity contribution in [1.82, 2.24) is 4.90 Å². The summed E-state index contributed by atoms with van der Waals surface area (Å²) in [5, 5.41) is 4.00. The molecule has 0 unspecified atom stereocenters. The fourth-order valence-electron chi connectivity index (χ4n) is 3.11. The van der Waals surface area contributed by atoms with Gasteiger partial charge < -0.3 is 9.74 Å². The number of amides is 1. The van der Waals surface area contributed by atoms with Crippen molar-refractivity contribution in [2.75, 3.05) is 6.54 Å². The molecular weight excluding hydrogens is 388 g/mol. The molecular formula is C21H20F4N2O2. The van der Waals surface area contributed by atoms with Crippen LogP contribution in [-0.4, -0.2) is 29.2 Å². The second-order valence-corrected chi connectivity index (χ2v) is 6.80. The Labute approximate surface area is 165 Å². The van der Waals surface area contributed by atoms with E-state index in [-0.39, 0.29) is 31.2 Å². The van der Waals surface area contributed by atoms with Gasteiger partial charge in [0.05, 0.1) is 17.8 Å². The van der Waals surface area contributed by atoms with Crippen LogP contribution in [0, 0.1) is 5.82 Å². The number of benzene rings is 2. The van der Waals surface area contributed by atoms with E-state index in [1.165, 1.54) is 29.2 Å². The number of halogens is 4. The van der Waals surface area contributed by atoms with Gasteiger partial charge in [-0.3, -0.25) is 4.79 Å². The van der Waals surface area contributed by atoms with Crippen LogP contribution in [0.25, 0.3) is 0 Å². The zero-order valence-electron chi connectivity index (χ0n) is 15.7. The Bertz CT molecular complexity index is 894. The Kier molecular flexibility index (Phi) is 6.20. The molecule has 1 amide bonds. The summed E-state index contributed by atoms with van der Waals surface area (Å²) < 4.78 is 51.6. The van der Waals surface area contributed by atoms with E-state index in [1.807, 2.05) is 0 Å². The van der Waals surface area contributed by atoms with E-state index >= 15 is 0 Å². The molecule has 4 nitrogen and oxygen atoms in total. The fourth-order valence-corrected chi connectivity index (χ4v) is 3.11. The van der Waals surface area contributed by atoms with Gasteiger partial charge >= 0.3 is 6.18 Å². The van der Waals surface area contributed by atoms with E-state index in [2.05, 4.69) is 5.16 Å². The quantitative estimate of drug-likeness (QED) is 0.646. The van der Waals surface area contributed by atoms with Crippen molar-refractivity contribution < 1.29 is 27.2 Å². The lowest BCUT2D eigenvalue weighted by molar-refractivity contribution is -0.137. The average molecular weight is 408 g/mol. The van der Waals surface area contributed by atoms with Crippen LogP contribution in [-0.2, 0) is 22.4 Å². The molecule has 0 aliphatic carbocycles. The molecule has 0 bridgehead atoms. The van der Waals surface area contributed by atoms with Gasteiger partial charge in [0.1, 0.15) is 5.82 Å². The molecule has 2 aromatic carbocycles. The Balaban J connectivity index is 1.65. The van der Waals surface area contributed by atoms with Crippen molar-refractivity contribution in [3.63, 3.8) is 0 Å². The van der Waals surface area contributed by atoms with Gasteiger partial charge in [-0.1, -0.05) is 36.3 Å². The van der Waals surface area contributed by atoms with Crippen molar-refractivity contribution in [2.24, 2.45) is 5.16 Å². The first kappa shape index (κ1) is 20.8. The highest BCUT2D eigenvalue weighted by Gasteiger charge is 2.30. The molecule has 1 aliphatic heterocycles. The Morgan fingerprint density at radius 2 is 1.93 bits per heavy atom. The summed E-state index contributed by atoms with van der Waals surface area (Å²) in [6.07, 6.45) is -4.15. The molecule has 2 aromatic rings. The smallest absolute Gasteiger partial charge is 0.390 e. The molecule has 154 valence electrons. The first-order valence-electron chi connectivity index (χ1n) is 9.18. The molecule has 8 heteroatoms. The molecule has 0 aromatic heterocycles. The molecule has 29 heavy (non-hydrogen) atoms. The lowest BCUT2D eigenvalue weighted by atomic mass is 10.0. The maximum Gasteiger partial charge on any atom is 0.416 e. The summed E-state index contributed by atoms with van der Waals surface area (Å²) in [4.78, 5) is 19.3.